The second-order valence-corrected chi connectivity index (χ2v) is 5.82. The fourth-order valence-corrected chi connectivity index (χ4v) is 2.79. The molecule has 2 fully saturated rings. The molecule has 18 heavy (non-hydrogen) atoms. The second-order valence-electron chi connectivity index (χ2n) is 5.82. The SMILES string of the molecule is CC1CN(c2cccc(C#N)c2)CC2(CC2)CN1. The molecule has 1 atom stereocenters. The molecule has 3 rings (SSSR count). The average molecular weight is 241 g/mol. The van der Waals surface area contributed by atoms with Gasteiger partial charge in [-0.25, -0.2) is 0 Å². The molecule has 1 saturated carbocycles. The predicted molar refractivity (Wildman–Crippen MR) is 72.5 cm³/mol. The zero-order valence-corrected chi connectivity index (χ0v) is 10.8. The molecule has 0 bridgehead atoms. The van der Waals surface area contributed by atoms with Crippen molar-refractivity contribution >= 4 is 5.69 Å². The van der Waals surface area contributed by atoms with Gasteiger partial charge < -0.3 is 10.2 Å². The summed E-state index contributed by atoms with van der Waals surface area (Å²) in [6.45, 7) is 5.53. The zero-order valence-electron chi connectivity index (χ0n) is 10.8. The first-order chi connectivity index (χ1) is 8.71. The van der Waals surface area contributed by atoms with E-state index in [2.05, 4.69) is 29.3 Å². The number of hydrogen-bond acceptors (Lipinski definition) is 3. The summed E-state index contributed by atoms with van der Waals surface area (Å²) >= 11 is 0. The van der Waals surface area contributed by atoms with Crippen molar-refractivity contribution in [2.45, 2.75) is 25.8 Å². The second kappa shape index (κ2) is 4.29. The molecule has 0 radical (unpaired) electrons. The van der Waals surface area contributed by atoms with E-state index in [-0.39, 0.29) is 0 Å². The van der Waals surface area contributed by atoms with Gasteiger partial charge in [-0.1, -0.05) is 6.07 Å². The summed E-state index contributed by atoms with van der Waals surface area (Å²) in [5, 5.41) is 12.6. The zero-order chi connectivity index (χ0) is 12.6. The number of rotatable bonds is 1. The summed E-state index contributed by atoms with van der Waals surface area (Å²) in [4.78, 5) is 2.44. The van der Waals surface area contributed by atoms with E-state index < -0.39 is 0 Å². The maximum Gasteiger partial charge on any atom is 0.0992 e. The summed E-state index contributed by atoms with van der Waals surface area (Å²) in [5.74, 6) is 0. The minimum absolute atomic E-state index is 0.493. The Kier molecular flexibility index (Phi) is 2.76. The fourth-order valence-electron chi connectivity index (χ4n) is 2.79. The maximum absolute atomic E-state index is 9.00. The molecular weight excluding hydrogens is 222 g/mol. The lowest BCUT2D eigenvalue weighted by atomic mass is 10.1. The highest BCUT2D eigenvalue weighted by atomic mass is 15.2. The molecule has 2 aliphatic rings. The molecule has 1 heterocycles. The molecule has 1 spiro atoms. The van der Waals surface area contributed by atoms with Gasteiger partial charge in [0.1, 0.15) is 0 Å². The Morgan fingerprint density at radius 3 is 3.00 bits per heavy atom. The Hall–Kier alpha value is -1.53. The number of nitrogens with one attached hydrogen (secondary N) is 1. The van der Waals surface area contributed by atoms with E-state index >= 15 is 0 Å². The molecule has 1 aliphatic heterocycles. The van der Waals surface area contributed by atoms with E-state index in [9.17, 15) is 0 Å². The van der Waals surface area contributed by atoms with Gasteiger partial charge in [0.25, 0.3) is 0 Å². The summed E-state index contributed by atoms with van der Waals surface area (Å²) in [7, 11) is 0. The molecule has 0 amide bonds. The van der Waals surface area contributed by atoms with Crippen LogP contribution in [0.2, 0.25) is 0 Å². The van der Waals surface area contributed by atoms with Crippen LogP contribution in [0.5, 0.6) is 0 Å². The van der Waals surface area contributed by atoms with Crippen LogP contribution in [0.25, 0.3) is 0 Å². The van der Waals surface area contributed by atoms with Crippen molar-refractivity contribution in [2.24, 2.45) is 5.41 Å². The van der Waals surface area contributed by atoms with E-state index in [0.29, 0.717) is 11.5 Å². The lowest BCUT2D eigenvalue weighted by molar-refractivity contribution is 0.479. The molecular formula is C15H19N3. The number of nitriles is 1. The first-order valence-electron chi connectivity index (χ1n) is 6.69. The van der Waals surface area contributed by atoms with Gasteiger partial charge in [0.15, 0.2) is 0 Å². The van der Waals surface area contributed by atoms with E-state index in [0.717, 1.165) is 25.2 Å². The Balaban J connectivity index is 1.86. The molecule has 1 unspecified atom stereocenters. The average Bonchev–Trinajstić information content (AvgIpc) is 3.18. The fraction of sp³-hybridized carbons (Fsp3) is 0.533. The molecule has 3 heteroatoms. The van der Waals surface area contributed by atoms with Crippen LogP contribution in [0, 0.1) is 16.7 Å². The molecule has 1 aromatic carbocycles. The summed E-state index contributed by atoms with van der Waals surface area (Å²) < 4.78 is 0. The number of benzene rings is 1. The van der Waals surface area contributed by atoms with Crippen LogP contribution in [0.15, 0.2) is 24.3 Å². The van der Waals surface area contributed by atoms with Crippen LogP contribution in [-0.2, 0) is 0 Å². The van der Waals surface area contributed by atoms with Crippen LogP contribution in [-0.4, -0.2) is 25.7 Å². The van der Waals surface area contributed by atoms with Crippen molar-refractivity contribution in [3.8, 4) is 6.07 Å². The van der Waals surface area contributed by atoms with Crippen molar-refractivity contribution < 1.29 is 0 Å². The topological polar surface area (TPSA) is 39.1 Å². The Morgan fingerprint density at radius 1 is 1.44 bits per heavy atom. The van der Waals surface area contributed by atoms with Crippen LogP contribution in [0.3, 0.4) is 0 Å². The van der Waals surface area contributed by atoms with Crippen molar-refractivity contribution in [1.82, 2.24) is 5.32 Å². The first kappa shape index (κ1) is 11.6. The number of anilines is 1. The third kappa shape index (κ3) is 2.21. The van der Waals surface area contributed by atoms with Crippen LogP contribution >= 0.6 is 0 Å². The van der Waals surface area contributed by atoms with Gasteiger partial charge in [0.05, 0.1) is 11.6 Å². The highest BCUT2D eigenvalue weighted by molar-refractivity contribution is 5.52. The van der Waals surface area contributed by atoms with Gasteiger partial charge in [-0.05, 0) is 38.0 Å². The Labute approximate surface area is 108 Å². The minimum Gasteiger partial charge on any atom is -0.369 e. The summed E-state index contributed by atoms with van der Waals surface area (Å²) in [5.41, 5.74) is 2.44. The predicted octanol–water partition coefficient (Wildman–Crippen LogP) is 2.14. The van der Waals surface area contributed by atoms with Gasteiger partial charge in [-0.15, -0.1) is 0 Å². The summed E-state index contributed by atoms with van der Waals surface area (Å²) in [6.07, 6.45) is 2.67. The lowest BCUT2D eigenvalue weighted by Crippen LogP contribution is -2.35. The van der Waals surface area contributed by atoms with Crippen molar-refractivity contribution in [1.29, 1.82) is 5.26 Å². The van der Waals surface area contributed by atoms with E-state index in [1.807, 2.05) is 18.2 Å². The third-order valence-electron chi connectivity index (χ3n) is 4.14. The quantitative estimate of drug-likeness (QED) is 0.818. The maximum atomic E-state index is 9.00. The van der Waals surface area contributed by atoms with E-state index in [1.54, 1.807) is 0 Å². The highest BCUT2D eigenvalue weighted by Gasteiger charge is 2.45. The molecule has 0 aromatic heterocycles. The smallest absolute Gasteiger partial charge is 0.0992 e. The monoisotopic (exact) mass is 241 g/mol. The van der Waals surface area contributed by atoms with Crippen LogP contribution < -0.4 is 10.2 Å². The van der Waals surface area contributed by atoms with E-state index in [1.165, 1.54) is 18.5 Å². The van der Waals surface area contributed by atoms with Gasteiger partial charge in [0.2, 0.25) is 0 Å². The highest BCUT2D eigenvalue weighted by Crippen LogP contribution is 2.47. The van der Waals surface area contributed by atoms with E-state index in [4.69, 9.17) is 5.26 Å². The van der Waals surface area contributed by atoms with Gasteiger partial charge >= 0.3 is 0 Å². The number of hydrogen-bond donors (Lipinski definition) is 1. The minimum atomic E-state index is 0.493. The lowest BCUT2D eigenvalue weighted by Gasteiger charge is -2.27. The Bertz CT molecular complexity index is 485. The largest absolute Gasteiger partial charge is 0.369 e. The molecule has 1 N–H and O–H groups in total. The van der Waals surface area contributed by atoms with Gasteiger partial charge in [-0.3, -0.25) is 0 Å². The van der Waals surface area contributed by atoms with Crippen molar-refractivity contribution in [3.63, 3.8) is 0 Å². The normalized spacial score (nSPS) is 25.6. The number of nitrogens with zero attached hydrogens (tertiary/aromatic N) is 2. The van der Waals surface area contributed by atoms with Crippen LogP contribution in [0.4, 0.5) is 5.69 Å². The van der Waals surface area contributed by atoms with Crippen molar-refractivity contribution in [2.75, 3.05) is 24.5 Å². The first-order valence-corrected chi connectivity index (χ1v) is 6.69. The molecule has 1 aromatic rings. The Morgan fingerprint density at radius 2 is 2.28 bits per heavy atom. The molecule has 3 nitrogen and oxygen atoms in total. The van der Waals surface area contributed by atoms with Gasteiger partial charge in [-0.2, -0.15) is 5.26 Å². The van der Waals surface area contributed by atoms with Crippen molar-refractivity contribution in [3.05, 3.63) is 29.8 Å². The standard InChI is InChI=1S/C15H19N3/c1-12-9-18(11-15(5-6-15)10-17-12)14-4-2-3-13(7-14)8-16/h2-4,7,12,17H,5-6,9-11H2,1H3. The van der Waals surface area contributed by atoms with Gasteiger partial charge in [0, 0.05) is 36.8 Å². The molecule has 1 saturated heterocycles. The summed E-state index contributed by atoms with van der Waals surface area (Å²) in [6, 6.07) is 10.7. The van der Waals surface area contributed by atoms with Crippen LogP contribution in [0.1, 0.15) is 25.3 Å². The third-order valence-corrected chi connectivity index (χ3v) is 4.14. The molecule has 94 valence electrons. The molecule has 1 aliphatic carbocycles.